The van der Waals surface area contributed by atoms with Crippen LogP contribution in [0.25, 0.3) is 0 Å². The summed E-state index contributed by atoms with van der Waals surface area (Å²) in [5.41, 5.74) is 2.80. The van der Waals surface area contributed by atoms with E-state index in [2.05, 4.69) is 31.7 Å². The third-order valence-electron chi connectivity index (χ3n) is 4.08. The van der Waals surface area contributed by atoms with Crippen molar-refractivity contribution in [2.75, 3.05) is 13.1 Å². The number of aryl methyl sites for hydroxylation is 2. The minimum absolute atomic E-state index is 0.252. The van der Waals surface area contributed by atoms with Crippen molar-refractivity contribution < 1.29 is 4.79 Å². The lowest BCUT2D eigenvalue weighted by atomic mass is 9.89. The quantitative estimate of drug-likeness (QED) is 0.761. The lowest BCUT2D eigenvalue weighted by Crippen LogP contribution is -2.48. The van der Waals surface area contributed by atoms with Crippen LogP contribution in [0.15, 0.2) is 18.2 Å². The molecule has 0 spiro atoms. The maximum Gasteiger partial charge on any atom is 0.182 e. The molecule has 0 saturated carbocycles. The van der Waals surface area contributed by atoms with Crippen LogP contribution in [0, 0.1) is 13.8 Å². The van der Waals surface area contributed by atoms with Gasteiger partial charge in [0.15, 0.2) is 5.78 Å². The van der Waals surface area contributed by atoms with Crippen LogP contribution in [0.1, 0.15) is 48.2 Å². The van der Waals surface area contributed by atoms with E-state index in [-0.39, 0.29) is 11.3 Å². The maximum absolute atomic E-state index is 12.7. The van der Waals surface area contributed by atoms with Gasteiger partial charge < -0.3 is 0 Å². The topological polar surface area (TPSA) is 20.3 Å². The van der Waals surface area contributed by atoms with Crippen LogP contribution in [-0.4, -0.2) is 29.3 Å². The van der Waals surface area contributed by atoms with Crippen LogP contribution in [0.5, 0.6) is 0 Å². The first kappa shape index (κ1) is 13.3. The molecule has 0 aliphatic carbocycles. The van der Waals surface area contributed by atoms with Gasteiger partial charge in [0, 0.05) is 5.56 Å². The summed E-state index contributed by atoms with van der Waals surface area (Å²) < 4.78 is 0. The highest BCUT2D eigenvalue weighted by Gasteiger charge is 2.36. The Morgan fingerprint density at radius 3 is 2.33 bits per heavy atom. The molecule has 1 aliphatic rings. The number of likely N-dealkylation sites (tertiary alicyclic amines) is 1. The lowest BCUT2D eigenvalue weighted by Gasteiger charge is -2.34. The fourth-order valence-electron chi connectivity index (χ4n) is 2.82. The van der Waals surface area contributed by atoms with Gasteiger partial charge >= 0.3 is 0 Å². The number of nitrogens with zero attached hydrogens (tertiary/aromatic N) is 1. The summed E-state index contributed by atoms with van der Waals surface area (Å²) in [6, 6.07) is 6.10. The molecule has 1 heterocycles. The second-order valence-corrected chi connectivity index (χ2v) is 5.90. The Morgan fingerprint density at radius 2 is 1.78 bits per heavy atom. The van der Waals surface area contributed by atoms with Crippen molar-refractivity contribution in [2.24, 2.45) is 0 Å². The van der Waals surface area contributed by atoms with E-state index < -0.39 is 0 Å². The van der Waals surface area contributed by atoms with Crippen LogP contribution in [0.3, 0.4) is 0 Å². The molecule has 0 unspecified atom stereocenters. The highest BCUT2D eigenvalue weighted by atomic mass is 16.1. The SMILES string of the molecule is Cc1ccc(C(=O)C(C)(C)N2CCCC2)c(C)c1. The second kappa shape index (κ2) is 4.85. The van der Waals surface area contributed by atoms with E-state index in [0.29, 0.717) is 0 Å². The molecule has 0 bridgehead atoms. The van der Waals surface area contributed by atoms with Gasteiger partial charge in [-0.3, -0.25) is 9.69 Å². The molecule has 2 heteroatoms. The minimum Gasteiger partial charge on any atom is -0.292 e. The number of hydrogen-bond donors (Lipinski definition) is 0. The predicted octanol–water partition coefficient (Wildman–Crippen LogP) is 3.36. The van der Waals surface area contributed by atoms with E-state index in [4.69, 9.17) is 0 Å². The highest BCUT2D eigenvalue weighted by Crippen LogP contribution is 2.26. The first-order valence-electron chi connectivity index (χ1n) is 6.80. The Labute approximate surface area is 110 Å². The maximum atomic E-state index is 12.7. The molecule has 18 heavy (non-hydrogen) atoms. The van der Waals surface area contributed by atoms with Crippen molar-refractivity contribution in [1.82, 2.24) is 4.90 Å². The number of hydrogen-bond acceptors (Lipinski definition) is 2. The number of rotatable bonds is 3. The molecular weight excluding hydrogens is 222 g/mol. The molecule has 0 atom stereocenters. The minimum atomic E-state index is -0.378. The number of ketones is 1. The fraction of sp³-hybridized carbons (Fsp3) is 0.562. The summed E-state index contributed by atoms with van der Waals surface area (Å²) in [6.45, 7) is 10.3. The van der Waals surface area contributed by atoms with E-state index >= 15 is 0 Å². The molecule has 1 aromatic carbocycles. The Morgan fingerprint density at radius 1 is 1.17 bits per heavy atom. The van der Waals surface area contributed by atoms with E-state index in [1.807, 2.05) is 19.1 Å². The number of carbonyl (C=O) groups is 1. The molecule has 0 aromatic heterocycles. The van der Waals surface area contributed by atoms with Crippen molar-refractivity contribution in [3.63, 3.8) is 0 Å². The normalized spacial score (nSPS) is 17.1. The third kappa shape index (κ3) is 2.35. The van der Waals surface area contributed by atoms with Gasteiger partial charge in [0.25, 0.3) is 0 Å². The van der Waals surface area contributed by atoms with Crippen LogP contribution in [0.2, 0.25) is 0 Å². The zero-order valence-electron chi connectivity index (χ0n) is 11.9. The summed E-state index contributed by atoms with van der Waals surface area (Å²) in [6.07, 6.45) is 2.42. The van der Waals surface area contributed by atoms with Gasteiger partial charge in [0.2, 0.25) is 0 Å². The molecule has 2 rings (SSSR count). The average molecular weight is 245 g/mol. The Kier molecular flexibility index (Phi) is 3.58. The number of carbonyl (C=O) groups excluding carboxylic acids is 1. The van der Waals surface area contributed by atoms with E-state index in [0.717, 1.165) is 24.2 Å². The van der Waals surface area contributed by atoms with Crippen molar-refractivity contribution in [3.8, 4) is 0 Å². The fourth-order valence-corrected chi connectivity index (χ4v) is 2.82. The molecule has 0 N–H and O–H groups in total. The van der Waals surface area contributed by atoms with Crippen LogP contribution in [-0.2, 0) is 0 Å². The summed E-state index contributed by atoms with van der Waals surface area (Å²) in [5, 5.41) is 0. The van der Waals surface area contributed by atoms with Crippen LogP contribution < -0.4 is 0 Å². The molecule has 98 valence electrons. The van der Waals surface area contributed by atoms with Crippen molar-refractivity contribution >= 4 is 5.78 Å². The highest BCUT2D eigenvalue weighted by molar-refractivity contribution is 6.03. The summed E-state index contributed by atoms with van der Waals surface area (Å²) >= 11 is 0. The molecule has 0 amide bonds. The smallest absolute Gasteiger partial charge is 0.182 e. The summed E-state index contributed by atoms with van der Waals surface area (Å²) in [7, 11) is 0. The van der Waals surface area contributed by atoms with E-state index in [9.17, 15) is 4.79 Å². The second-order valence-electron chi connectivity index (χ2n) is 5.90. The van der Waals surface area contributed by atoms with Gasteiger partial charge in [-0.2, -0.15) is 0 Å². The number of benzene rings is 1. The van der Waals surface area contributed by atoms with Gasteiger partial charge in [-0.05, 0) is 59.2 Å². The van der Waals surface area contributed by atoms with Crippen molar-refractivity contribution in [3.05, 3.63) is 34.9 Å². The Balaban J connectivity index is 2.29. The molecule has 2 nitrogen and oxygen atoms in total. The van der Waals surface area contributed by atoms with Gasteiger partial charge in [-0.25, -0.2) is 0 Å². The largest absolute Gasteiger partial charge is 0.292 e. The van der Waals surface area contributed by atoms with Gasteiger partial charge in [-0.1, -0.05) is 23.8 Å². The first-order valence-corrected chi connectivity index (χ1v) is 6.80. The van der Waals surface area contributed by atoms with Gasteiger partial charge in [-0.15, -0.1) is 0 Å². The average Bonchev–Trinajstić information content (AvgIpc) is 2.82. The lowest BCUT2D eigenvalue weighted by molar-refractivity contribution is 0.0702. The predicted molar refractivity (Wildman–Crippen MR) is 75.1 cm³/mol. The summed E-state index contributed by atoms with van der Waals surface area (Å²) in [5.74, 6) is 0.252. The number of Topliss-reactive ketones (excluding diaryl/α,β-unsaturated/α-hetero) is 1. The van der Waals surface area contributed by atoms with E-state index in [1.54, 1.807) is 0 Å². The standard InChI is InChI=1S/C16H23NO/c1-12-7-8-14(13(2)11-12)15(18)16(3,4)17-9-5-6-10-17/h7-8,11H,5-6,9-10H2,1-4H3. The molecular formula is C16H23NO. The third-order valence-corrected chi connectivity index (χ3v) is 4.08. The Bertz CT molecular complexity index is 456. The molecule has 1 aliphatic heterocycles. The Hall–Kier alpha value is -1.15. The zero-order valence-corrected chi connectivity index (χ0v) is 11.9. The molecule has 1 fully saturated rings. The molecule has 1 aromatic rings. The van der Waals surface area contributed by atoms with Gasteiger partial charge in [0.05, 0.1) is 5.54 Å². The van der Waals surface area contributed by atoms with Crippen molar-refractivity contribution in [1.29, 1.82) is 0 Å². The van der Waals surface area contributed by atoms with Gasteiger partial charge in [0.1, 0.15) is 0 Å². The first-order chi connectivity index (χ1) is 8.43. The van der Waals surface area contributed by atoms with Crippen LogP contribution >= 0.6 is 0 Å². The van der Waals surface area contributed by atoms with E-state index in [1.165, 1.54) is 18.4 Å². The monoisotopic (exact) mass is 245 g/mol. The zero-order chi connectivity index (χ0) is 13.3. The summed E-state index contributed by atoms with van der Waals surface area (Å²) in [4.78, 5) is 15.1. The van der Waals surface area contributed by atoms with Crippen molar-refractivity contribution in [2.45, 2.75) is 46.1 Å². The molecule has 0 radical (unpaired) electrons. The van der Waals surface area contributed by atoms with Crippen LogP contribution in [0.4, 0.5) is 0 Å². The molecule has 1 saturated heterocycles.